The van der Waals surface area contributed by atoms with Crippen LogP contribution in [0.3, 0.4) is 0 Å². The predicted octanol–water partition coefficient (Wildman–Crippen LogP) is 3.76. The van der Waals surface area contributed by atoms with Gasteiger partial charge in [-0.1, -0.05) is 47.5 Å². The summed E-state index contributed by atoms with van der Waals surface area (Å²) < 4.78 is 5.39. The maximum Gasteiger partial charge on any atom is 0.253 e. The first-order chi connectivity index (χ1) is 12.1. The summed E-state index contributed by atoms with van der Waals surface area (Å²) in [5.41, 5.74) is 2.75. The molecule has 1 aliphatic rings. The van der Waals surface area contributed by atoms with Gasteiger partial charge >= 0.3 is 0 Å². The lowest BCUT2D eigenvalue weighted by molar-refractivity contribution is 0.0340. The Balaban J connectivity index is 1.65. The van der Waals surface area contributed by atoms with Gasteiger partial charge in [0.2, 0.25) is 0 Å². The smallest absolute Gasteiger partial charge is 0.253 e. The van der Waals surface area contributed by atoms with E-state index in [9.17, 15) is 4.79 Å². The molecule has 0 unspecified atom stereocenters. The molecule has 1 N–H and O–H groups in total. The fourth-order valence-corrected chi connectivity index (χ4v) is 3.32. The number of amides is 1. The van der Waals surface area contributed by atoms with Crippen molar-refractivity contribution in [3.8, 4) is 0 Å². The van der Waals surface area contributed by atoms with Crippen molar-refractivity contribution in [2.45, 2.75) is 13.1 Å². The molecule has 0 bridgehead atoms. The Hall–Kier alpha value is -1.59. The maximum absolute atomic E-state index is 12.4. The van der Waals surface area contributed by atoms with Crippen LogP contribution >= 0.6 is 23.2 Å². The van der Waals surface area contributed by atoms with E-state index < -0.39 is 0 Å². The van der Waals surface area contributed by atoms with Gasteiger partial charge in [0.05, 0.1) is 23.8 Å². The second-order valence-electron chi connectivity index (χ2n) is 5.96. The van der Waals surface area contributed by atoms with Crippen molar-refractivity contribution in [3.05, 3.63) is 69.2 Å². The van der Waals surface area contributed by atoms with Crippen LogP contribution in [0.4, 0.5) is 0 Å². The number of morpholine rings is 1. The predicted molar refractivity (Wildman–Crippen MR) is 100 cm³/mol. The largest absolute Gasteiger partial charge is 0.379 e. The highest BCUT2D eigenvalue weighted by molar-refractivity contribution is 6.36. The first-order valence-electron chi connectivity index (χ1n) is 8.23. The summed E-state index contributed by atoms with van der Waals surface area (Å²) in [6, 6.07) is 13.0. The highest BCUT2D eigenvalue weighted by atomic mass is 35.5. The number of ether oxygens (including phenoxy) is 1. The summed E-state index contributed by atoms with van der Waals surface area (Å²) in [6.45, 7) is 4.72. The molecule has 0 saturated carbocycles. The van der Waals surface area contributed by atoms with Crippen LogP contribution in [-0.2, 0) is 17.8 Å². The molecule has 25 heavy (non-hydrogen) atoms. The van der Waals surface area contributed by atoms with Gasteiger partial charge in [-0.15, -0.1) is 0 Å². The Kier molecular flexibility index (Phi) is 6.32. The number of nitrogens with one attached hydrogen (secondary N) is 1. The van der Waals surface area contributed by atoms with Crippen LogP contribution in [0.2, 0.25) is 10.0 Å². The van der Waals surface area contributed by atoms with Gasteiger partial charge in [-0.3, -0.25) is 9.69 Å². The van der Waals surface area contributed by atoms with E-state index in [1.807, 2.05) is 18.2 Å². The number of benzene rings is 2. The number of carbonyl (C=O) groups excluding carboxylic acids is 1. The van der Waals surface area contributed by atoms with Gasteiger partial charge < -0.3 is 10.1 Å². The lowest BCUT2D eigenvalue weighted by Gasteiger charge is -2.27. The molecule has 4 nitrogen and oxygen atoms in total. The van der Waals surface area contributed by atoms with E-state index in [1.54, 1.807) is 18.2 Å². The zero-order chi connectivity index (χ0) is 17.6. The molecule has 1 amide bonds. The number of carbonyl (C=O) groups is 1. The average Bonchev–Trinajstić information content (AvgIpc) is 2.61. The summed E-state index contributed by atoms with van der Waals surface area (Å²) in [6.07, 6.45) is 0. The van der Waals surface area contributed by atoms with Crippen molar-refractivity contribution in [2.24, 2.45) is 0 Å². The Morgan fingerprint density at radius 2 is 1.80 bits per heavy atom. The van der Waals surface area contributed by atoms with Crippen molar-refractivity contribution in [2.75, 3.05) is 26.3 Å². The third-order valence-electron chi connectivity index (χ3n) is 4.23. The lowest BCUT2D eigenvalue weighted by Crippen LogP contribution is -2.36. The van der Waals surface area contributed by atoms with E-state index in [-0.39, 0.29) is 5.91 Å². The monoisotopic (exact) mass is 378 g/mol. The van der Waals surface area contributed by atoms with E-state index in [1.165, 1.54) is 5.56 Å². The first-order valence-corrected chi connectivity index (χ1v) is 8.99. The second-order valence-corrected chi connectivity index (χ2v) is 6.81. The summed E-state index contributed by atoms with van der Waals surface area (Å²) in [5, 5.41) is 3.81. The molecule has 0 aromatic heterocycles. The van der Waals surface area contributed by atoms with Crippen LogP contribution in [0.15, 0.2) is 42.5 Å². The number of nitrogens with zero attached hydrogens (tertiary/aromatic N) is 1. The summed E-state index contributed by atoms with van der Waals surface area (Å²) >= 11 is 12.0. The van der Waals surface area contributed by atoms with Crippen molar-refractivity contribution in [3.63, 3.8) is 0 Å². The number of hydrogen-bond acceptors (Lipinski definition) is 3. The van der Waals surface area contributed by atoms with Crippen LogP contribution in [0.1, 0.15) is 21.5 Å². The topological polar surface area (TPSA) is 41.6 Å². The SMILES string of the molecule is O=C(NCc1ccccc1CN1CCOCC1)c1ccc(Cl)cc1Cl. The molecule has 0 radical (unpaired) electrons. The number of rotatable bonds is 5. The third-order valence-corrected chi connectivity index (χ3v) is 4.78. The molecule has 0 aliphatic carbocycles. The molecule has 0 spiro atoms. The Bertz CT molecular complexity index is 746. The maximum atomic E-state index is 12.4. The molecule has 2 aromatic carbocycles. The van der Waals surface area contributed by atoms with E-state index in [4.69, 9.17) is 27.9 Å². The van der Waals surface area contributed by atoms with Crippen molar-refractivity contribution >= 4 is 29.1 Å². The minimum Gasteiger partial charge on any atom is -0.379 e. The van der Waals surface area contributed by atoms with Crippen molar-refractivity contribution in [1.29, 1.82) is 0 Å². The minimum atomic E-state index is -0.206. The van der Waals surface area contributed by atoms with E-state index in [0.717, 1.165) is 38.4 Å². The van der Waals surface area contributed by atoms with Crippen LogP contribution in [0.25, 0.3) is 0 Å². The van der Waals surface area contributed by atoms with Crippen molar-refractivity contribution in [1.82, 2.24) is 10.2 Å². The van der Waals surface area contributed by atoms with E-state index >= 15 is 0 Å². The highest BCUT2D eigenvalue weighted by Gasteiger charge is 2.14. The van der Waals surface area contributed by atoms with Crippen LogP contribution < -0.4 is 5.32 Å². The fraction of sp³-hybridized carbons (Fsp3) is 0.316. The zero-order valence-corrected chi connectivity index (χ0v) is 15.3. The molecule has 1 heterocycles. The minimum absolute atomic E-state index is 0.206. The lowest BCUT2D eigenvalue weighted by atomic mass is 10.1. The third kappa shape index (κ3) is 4.95. The van der Waals surface area contributed by atoms with E-state index in [2.05, 4.69) is 16.3 Å². The van der Waals surface area contributed by atoms with Crippen LogP contribution in [0.5, 0.6) is 0 Å². The number of halogens is 2. The summed E-state index contributed by atoms with van der Waals surface area (Å²) in [7, 11) is 0. The standard InChI is InChI=1S/C19H20Cl2N2O2/c20-16-5-6-17(18(21)11-16)19(24)22-12-14-3-1-2-4-15(14)13-23-7-9-25-10-8-23/h1-6,11H,7-10,12-13H2,(H,22,24). The van der Waals surface area contributed by atoms with E-state index in [0.29, 0.717) is 22.2 Å². The molecule has 1 aliphatic heterocycles. The Labute approximate surface area is 157 Å². The fourth-order valence-electron chi connectivity index (χ4n) is 2.83. The molecule has 6 heteroatoms. The molecule has 132 valence electrons. The zero-order valence-electron chi connectivity index (χ0n) is 13.8. The van der Waals surface area contributed by atoms with Crippen molar-refractivity contribution < 1.29 is 9.53 Å². The molecule has 1 saturated heterocycles. The van der Waals surface area contributed by atoms with Gasteiger partial charge in [0.25, 0.3) is 5.91 Å². The van der Waals surface area contributed by atoms with Gasteiger partial charge in [0, 0.05) is 31.2 Å². The van der Waals surface area contributed by atoms with Crippen LogP contribution in [-0.4, -0.2) is 37.1 Å². The Morgan fingerprint density at radius 3 is 2.52 bits per heavy atom. The molecule has 0 atom stereocenters. The Morgan fingerprint density at radius 1 is 1.08 bits per heavy atom. The first kappa shape index (κ1) is 18.2. The van der Waals surface area contributed by atoms with Gasteiger partial charge in [-0.25, -0.2) is 0 Å². The van der Waals surface area contributed by atoms with Gasteiger partial charge in [0.1, 0.15) is 0 Å². The molecule has 3 rings (SSSR count). The van der Waals surface area contributed by atoms with Gasteiger partial charge in [-0.05, 0) is 29.3 Å². The second kappa shape index (κ2) is 8.68. The average molecular weight is 379 g/mol. The summed E-state index contributed by atoms with van der Waals surface area (Å²) in [4.78, 5) is 14.7. The quantitative estimate of drug-likeness (QED) is 0.860. The number of hydrogen-bond donors (Lipinski definition) is 1. The molecular weight excluding hydrogens is 359 g/mol. The highest BCUT2D eigenvalue weighted by Crippen LogP contribution is 2.21. The van der Waals surface area contributed by atoms with Gasteiger partial charge in [0.15, 0.2) is 0 Å². The van der Waals surface area contributed by atoms with Crippen LogP contribution in [0, 0.1) is 0 Å². The molecular formula is C19H20Cl2N2O2. The molecule has 1 fully saturated rings. The normalized spacial score (nSPS) is 15.1. The van der Waals surface area contributed by atoms with Gasteiger partial charge in [-0.2, -0.15) is 0 Å². The molecule has 2 aromatic rings. The summed E-state index contributed by atoms with van der Waals surface area (Å²) in [5.74, 6) is -0.206.